The van der Waals surface area contributed by atoms with Gasteiger partial charge in [-0.05, 0) is 45.6 Å². The molecule has 14 heavy (non-hydrogen) atoms. The molecule has 0 heterocycles. The highest BCUT2D eigenvalue weighted by atomic mass is 14.9. The van der Waals surface area contributed by atoms with Crippen LogP contribution in [0.15, 0.2) is 0 Å². The monoisotopic (exact) mass is 199 g/mol. The molecular formula is C13H29N. The molecule has 0 aromatic rings. The first-order chi connectivity index (χ1) is 6.21. The predicted molar refractivity (Wildman–Crippen MR) is 65.7 cm³/mol. The first-order valence-electron chi connectivity index (χ1n) is 5.96. The van der Waals surface area contributed by atoms with Gasteiger partial charge in [-0.3, -0.25) is 0 Å². The Balaban J connectivity index is 3.23. The van der Waals surface area contributed by atoms with Gasteiger partial charge in [0.15, 0.2) is 0 Å². The zero-order valence-electron chi connectivity index (χ0n) is 11.0. The van der Waals surface area contributed by atoms with Crippen molar-refractivity contribution in [2.75, 3.05) is 6.54 Å². The third kappa shape index (κ3) is 12.0. The second kappa shape index (κ2) is 5.75. The van der Waals surface area contributed by atoms with Crippen molar-refractivity contribution in [1.82, 2.24) is 5.32 Å². The summed E-state index contributed by atoms with van der Waals surface area (Å²) in [5.74, 6) is 0. The van der Waals surface area contributed by atoms with E-state index in [1.54, 1.807) is 0 Å². The highest BCUT2D eigenvalue weighted by Gasteiger charge is 2.09. The molecule has 0 rings (SSSR count). The Morgan fingerprint density at radius 1 is 0.786 bits per heavy atom. The second-order valence-corrected chi connectivity index (χ2v) is 6.55. The summed E-state index contributed by atoms with van der Waals surface area (Å²) in [4.78, 5) is 0. The summed E-state index contributed by atoms with van der Waals surface area (Å²) in [6.45, 7) is 14.8. The normalized spacial score (nSPS) is 13.3. The van der Waals surface area contributed by atoms with Gasteiger partial charge in [0.2, 0.25) is 0 Å². The summed E-state index contributed by atoms with van der Waals surface area (Å²) in [7, 11) is 0. The van der Waals surface area contributed by atoms with Crippen LogP contribution in [0.1, 0.15) is 67.2 Å². The molecular weight excluding hydrogens is 170 g/mol. The van der Waals surface area contributed by atoms with Gasteiger partial charge in [0.05, 0.1) is 0 Å². The average molecular weight is 199 g/mol. The van der Waals surface area contributed by atoms with Gasteiger partial charge in [-0.15, -0.1) is 0 Å². The van der Waals surface area contributed by atoms with Crippen molar-refractivity contribution in [2.24, 2.45) is 5.41 Å². The topological polar surface area (TPSA) is 12.0 Å². The number of unbranched alkanes of at least 4 members (excludes halogenated alkanes) is 2. The Morgan fingerprint density at radius 2 is 1.36 bits per heavy atom. The predicted octanol–water partition coefficient (Wildman–Crippen LogP) is 3.98. The highest BCUT2D eigenvalue weighted by molar-refractivity contribution is 4.69. The fourth-order valence-corrected chi connectivity index (χ4v) is 1.42. The standard InChI is InChI=1S/C13H29N/c1-12(2,3)10-8-7-9-11-14-13(4,5)6/h14H,7-11H2,1-6H3. The van der Waals surface area contributed by atoms with Crippen LogP contribution in [0.2, 0.25) is 0 Å². The van der Waals surface area contributed by atoms with E-state index in [1.807, 2.05) is 0 Å². The third-order valence-corrected chi connectivity index (χ3v) is 2.26. The second-order valence-electron chi connectivity index (χ2n) is 6.55. The van der Waals surface area contributed by atoms with E-state index in [0.29, 0.717) is 5.41 Å². The molecule has 0 aromatic heterocycles. The van der Waals surface area contributed by atoms with Crippen molar-refractivity contribution in [2.45, 2.75) is 72.8 Å². The molecule has 0 bridgehead atoms. The quantitative estimate of drug-likeness (QED) is 0.660. The summed E-state index contributed by atoms with van der Waals surface area (Å²) >= 11 is 0. The van der Waals surface area contributed by atoms with E-state index < -0.39 is 0 Å². The molecule has 1 nitrogen and oxygen atoms in total. The maximum atomic E-state index is 3.52. The minimum atomic E-state index is 0.282. The molecule has 0 atom stereocenters. The van der Waals surface area contributed by atoms with Crippen LogP contribution < -0.4 is 5.32 Å². The van der Waals surface area contributed by atoms with Crippen LogP contribution in [-0.2, 0) is 0 Å². The number of rotatable bonds is 5. The van der Waals surface area contributed by atoms with E-state index in [4.69, 9.17) is 0 Å². The smallest absolute Gasteiger partial charge is 0.00965 e. The maximum Gasteiger partial charge on any atom is 0.00965 e. The molecule has 0 radical (unpaired) electrons. The molecule has 0 spiro atoms. The highest BCUT2D eigenvalue weighted by Crippen LogP contribution is 2.21. The van der Waals surface area contributed by atoms with Gasteiger partial charge < -0.3 is 5.32 Å². The van der Waals surface area contributed by atoms with Gasteiger partial charge in [-0.1, -0.05) is 33.6 Å². The summed E-state index contributed by atoms with van der Waals surface area (Å²) in [6.07, 6.45) is 5.39. The van der Waals surface area contributed by atoms with Crippen molar-refractivity contribution < 1.29 is 0 Å². The number of hydrogen-bond acceptors (Lipinski definition) is 1. The minimum absolute atomic E-state index is 0.282. The molecule has 86 valence electrons. The summed E-state index contributed by atoms with van der Waals surface area (Å²) in [5, 5.41) is 3.52. The molecule has 0 aliphatic rings. The lowest BCUT2D eigenvalue weighted by Gasteiger charge is -2.21. The van der Waals surface area contributed by atoms with Crippen LogP contribution in [0.25, 0.3) is 0 Å². The SMILES string of the molecule is CC(C)(C)CCCCCNC(C)(C)C. The van der Waals surface area contributed by atoms with Crippen LogP contribution in [-0.4, -0.2) is 12.1 Å². The van der Waals surface area contributed by atoms with Crippen LogP contribution in [0.3, 0.4) is 0 Å². The summed E-state index contributed by atoms with van der Waals surface area (Å²) in [6, 6.07) is 0. The number of nitrogens with one attached hydrogen (secondary N) is 1. The molecule has 1 heteroatoms. The fraction of sp³-hybridized carbons (Fsp3) is 1.00. The summed E-state index contributed by atoms with van der Waals surface area (Å²) in [5.41, 5.74) is 0.793. The number of hydrogen-bond donors (Lipinski definition) is 1. The van der Waals surface area contributed by atoms with Crippen LogP contribution in [0.4, 0.5) is 0 Å². The Morgan fingerprint density at radius 3 is 1.79 bits per heavy atom. The maximum absolute atomic E-state index is 3.52. The first kappa shape index (κ1) is 14.0. The molecule has 0 aliphatic heterocycles. The Bertz CT molecular complexity index is 118. The lowest BCUT2D eigenvalue weighted by Crippen LogP contribution is -2.36. The molecule has 0 amide bonds. The molecule has 0 unspecified atom stereocenters. The van der Waals surface area contributed by atoms with Crippen molar-refractivity contribution in [3.8, 4) is 0 Å². The van der Waals surface area contributed by atoms with E-state index in [1.165, 1.54) is 25.7 Å². The van der Waals surface area contributed by atoms with Crippen molar-refractivity contribution in [3.05, 3.63) is 0 Å². The average Bonchev–Trinajstić information content (AvgIpc) is 1.92. The van der Waals surface area contributed by atoms with Crippen molar-refractivity contribution >= 4 is 0 Å². The molecule has 1 N–H and O–H groups in total. The fourth-order valence-electron chi connectivity index (χ4n) is 1.42. The largest absolute Gasteiger partial charge is 0.312 e. The first-order valence-corrected chi connectivity index (χ1v) is 5.96. The van der Waals surface area contributed by atoms with Gasteiger partial charge in [0.1, 0.15) is 0 Å². The van der Waals surface area contributed by atoms with E-state index in [2.05, 4.69) is 46.9 Å². The van der Waals surface area contributed by atoms with Gasteiger partial charge in [-0.25, -0.2) is 0 Å². The lowest BCUT2D eigenvalue weighted by atomic mass is 9.89. The van der Waals surface area contributed by atoms with Crippen LogP contribution >= 0.6 is 0 Å². The van der Waals surface area contributed by atoms with Gasteiger partial charge in [0, 0.05) is 5.54 Å². The van der Waals surface area contributed by atoms with Crippen molar-refractivity contribution in [1.29, 1.82) is 0 Å². The molecule has 0 saturated heterocycles. The third-order valence-electron chi connectivity index (χ3n) is 2.26. The molecule has 0 fully saturated rings. The van der Waals surface area contributed by atoms with Crippen molar-refractivity contribution in [3.63, 3.8) is 0 Å². The Kier molecular flexibility index (Phi) is 5.73. The summed E-state index contributed by atoms with van der Waals surface area (Å²) < 4.78 is 0. The van der Waals surface area contributed by atoms with E-state index in [0.717, 1.165) is 6.54 Å². The zero-order valence-corrected chi connectivity index (χ0v) is 11.0. The van der Waals surface area contributed by atoms with E-state index >= 15 is 0 Å². The Labute approximate surface area is 90.7 Å². The zero-order chi connectivity index (χ0) is 11.2. The molecule has 0 saturated carbocycles. The molecule has 0 aliphatic carbocycles. The Hall–Kier alpha value is -0.0400. The van der Waals surface area contributed by atoms with Crippen LogP contribution in [0, 0.1) is 5.41 Å². The lowest BCUT2D eigenvalue weighted by molar-refractivity contribution is 0.352. The van der Waals surface area contributed by atoms with E-state index in [9.17, 15) is 0 Å². The molecule has 0 aromatic carbocycles. The minimum Gasteiger partial charge on any atom is -0.312 e. The van der Waals surface area contributed by atoms with Gasteiger partial charge >= 0.3 is 0 Å². The van der Waals surface area contributed by atoms with E-state index in [-0.39, 0.29) is 5.54 Å². The van der Waals surface area contributed by atoms with Crippen LogP contribution in [0.5, 0.6) is 0 Å². The van der Waals surface area contributed by atoms with Gasteiger partial charge in [-0.2, -0.15) is 0 Å². The van der Waals surface area contributed by atoms with Gasteiger partial charge in [0.25, 0.3) is 0 Å².